The fourth-order valence-corrected chi connectivity index (χ4v) is 1.67. The third-order valence-corrected chi connectivity index (χ3v) is 2.70. The summed E-state index contributed by atoms with van der Waals surface area (Å²) in [6.07, 6.45) is 0.681. The largest absolute Gasteiger partial charge is 0.358 e. The van der Waals surface area contributed by atoms with Crippen LogP contribution in [0.25, 0.3) is 0 Å². The van der Waals surface area contributed by atoms with Crippen molar-refractivity contribution in [3.8, 4) is 0 Å². The lowest BCUT2D eigenvalue weighted by Crippen LogP contribution is -2.38. The highest BCUT2D eigenvalue weighted by atomic mass is 19.1. The van der Waals surface area contributed by atoms with Crippen molar-refractivity contribution in [3.05, 3.63) is 58.4 Å². The molecule has 0 aliphatic rings. The average molecular weight is 304 g/mol. The van der Waals surface area contributed by atoms with Crippen LogP contribution in [0.1, 0.15) is 17.3 Å². The van der Waals surface area contributed by atoms with Crippen molar-refractivity contribution >= 4 is 17.8 Å². The third kappa shape index (κ3) is 3.35. The Morgan fingerprint density at radius 2 is 1.95 bits per heavy atom. The van der Waals surface area contributed by atoms with Gasteiger partial charge >= 0.3 is 11.7 Å². The van der Waals surface area contributed by atoms with Crippen LogP contribution in [0.15, 0.2) is 41.3 Å². The average Bonchev–Trinajstić information content (AvgIpc) is 2.51. The third-order valence-electron chi connectivity index (χ3n) is 2.70. The lowest BCUT2D eigenvalue weighted by atomic mass is 10.2. The van der Waals surface area contributed by atoms with Gasteiger partial charge in [0.15, 0.2) is 11.6 Å². The minimum Gasteiger partial charge on any atom is -0.338 e. The molecule has 0 spiro atoms. The molecule has 0 saturated heterocycles. The molecule has 8 heteroatoms. The summed E-state index contributed by atoms with van der Waals surface area (Å²) in [5, 5.41) is 4.54. The smallest absolute Gasteiger partial charge is 0.338 e. The molecule has 1 heterocycles. The molecule has 2 N–H and O–H groups in total. The SMILES string of the molecule is CCNC(=O)n1cc(F)c(NC(=O)c2ccccc2)nc1=O. The number of rotatable bonds is 3. The van der Waals surface area contributed by atoms with E-state index in [1.165, 1.54) is 12.1 Å². The summed E-state index contributed by atoms with van der Waals surface area (Å²) in [6, 6.07) is 7.28. The second-order valence-electron chi connectivity index (χ2n) is 4.25. The summed E-state index contributed by atoms with van der Waals surface area (Å²) < 4.78 is 14.4. The maximum atomic E-state index is 13.9. The maximum absolute atomic E-state index is 13.9. The summed E-state index contributed by atoms with van der Waals surface area (Å²) in [5.74, 6) is -2.13. The summed E-state index contributed by atoms with van der Waals surface area (Å²) >= 11 is 0. The van der Waals surface area contributed by atoms with Crippen molar-refractivity contribution in [2.75, 3.05) is 11.9 Å². The van der Waals surface area contributed by atoms with E-state index in [9.17, 15) is 18.8 Å². The molecule has 2 aromatic rings. The monoisotopic (exact) mass is 304 g/mol. The van der Waals surface area contributed by atoms with E-state index in [2.05, 4.69) is 15.6 Å². The Balaban J connectivity index is 2.26. The van der Waals surface area contributed by atoms with Gasteiger partial charge in [0, 0.05) is 12.1 Å². The van der Waals surface area contributed by atoms with Crippen molar-refractivity contribution in [2.24, 2.45) is 0 Å². The van der Waals surface area contributed by atoms with E-state index in [1.54, 1.807) is 25.1 Å². The fourth-order valence-electron chi connectivity index (χ4n) is 1.67. The molecule has 0 fully saturated rings. The van der Waals surface area contributed by atoms with Gasteiger partial charge in [0.2, 0.25) is 0 Å². The first-order valence-corrected chi connectivity index (χ1v) is 6.46. The topological polar surface area (TPSA) is 93.1 Å². The van der Waals surface area contributed by atoms with E-state index in [4.69, 9.17) is 0 Å². The normalized spacial score (nSPS) is 10.1. The number of nitrogens with one attached hydrogen (secondary N) is 2. The zero-order chi connectivity index (χ0) is 16.1. The lowest BCUT2D eigenvalue weighted by Gasteiger charge is -2.08. The molecule has 114 valence electrons. The van der Waals surface area contributed by atoms with E-state index >= 15 is 0 Å². The molecule has 1 aromatic carbocycles. The van der Waals surface area contributed by atoms with Crippen LogP contribution >= 0.6 is 0 Å². The predicted octanol–water partition coefficient (Wildman–Crippen LogP) is 1.21. The Kier molecular flexibility index (Phi) is 4.62. The van der Waals surface area contributed by atoms with E-state index in [1.807, 2.05) is 0 Å². The Hall–Kier alpha value is -3.03. The van der Waals surface area contributed by atoms with Gasteiger partial charge in [-0.1, -0.05) is 18.2 Å². The minimum atomic E-state index is -0.991. The lowest BCUT2D eigenvalue weighted by molar-refractivity contribution is 0.102. The van der Waals surface area contributed by atoms with Gasteiger partial charge < -0.3 is 10.6 Å². The van der Waals surface area contributed by atoms with Crippen molar-refractivity contribution in [1.82, 2.24) is 14.9 Å². The van der Waals surface area contributed by atoms with Crippen molar-refractivity contribution in [2.45, 2.75) is 6.92 Å². The molecule has 0 atom stereocenters. The summed E-state index contributed by atoms with van der Waals surface area (Å²) in [6.45, 7) is 1.93. The Labute approximate surface area is 124 Å². The van der Waals surface area contributed by atoms with Crippen LogP contribution in [0.3, 0.4) is 0 Å². The maximum Gasteiger partial charge on any atom is 0.358 e. The quantitative estimate of drug-likeness (QED) is 0.891. The van der Waals surface area contributed by atoms with E-state index in [0.717, 1.165) is 0 Å². The second kappa shape index (κ2) is 6.61. The highest BCUT2D eigenvalue weighted by Crippen LogP contribution is 2.09. The zero-order valence-corrected chi connectivity index (χ0v) is 11.7. The van der Waals surface area contributed by atoms with Crippen molar-refractivity contribution in [3.63, 3.8) is 0 Å². The first kappa shape index (κ1) is 15.4. The molecule has 0 aliphatic carbocycles. The van der Waals surface area contributed by atoms with E-state index in [0.29, 0.717) is 10.8 Å². The second-order valence-corrected chi connectivity index (χ2v) is 4.25. The molecule has 7 nitrogen and oxygen atoms in total. The van der Waals surface area contributed by atoms with Crippen LogP contribution in [0.2, 0.25) is 0 Å². The van der Waals surface area contributed by atoms with Gasteiger partial charge in [-0.15, -0.1) is 0 Å². The zero-order valence-electron chi connectivity index (χ0n) is 11.7. The molecule has 2 rings (SSSR count). The van der Waals surface area contributed by atoms with Gasteiger partial charge in [-0.3, -0.25) is 4.79 Å². The van der Waals surface area contributed by atoms with Gasteiger partial charge in [0.25, 0.3) is 5.91 Å². The number of hydrogen-bond acceptors (Lipinski definition) is 4. The number of benzene rings is 1. The predicted molar refractivity (Wildman–Crippen MR) is 77.3 cm³/mol. The molecule has 0 saturated carbocycles. The number of carbonyl (C=O) groups is 2. The Bertz CT molecular complexity index is 758. The van der Waals surface area contributed by atoms with Gasteiger partial charge in [0.05, 0.1) is 6.20 Å². The summed E-state index contributed by atoms with van der Waals surface area (Å²) in [5.41, 5.74) is -0.702. The van der Waals surface area contributed by atoms with Crippen LogP contribution in [0, 0.1) is 5.82 Å². The molecule has 0 unspecified atom stereocenters. The first-order chi connectivity index (χ1) is 10.5. The first-order valence-electron chi connectivity index (χ1n) is 6.46. The standard InChI is InChI=1S/C14H13FN4O3/c1-2-16-13(21)19-8-10(15)11(18-14(19)22)17-12(20)9-6-4-3-5-7-9/h3-8H,2H2,1H3,(H,16,21)(H,17,18,20,22). The van der Waals surface area contributed by atoms with Crippen LogP contribution in [-0.4, -0.2) is 28.0 Å². The van der Waals surface area contributed by atoms with Crippen LogP contribution in [-0.2, 0) is 0 Å². The number of halogens is 1. The van der Waals surface area contributed by atoms with Crippen LogP contribution < -0.4 is 16.3 Å². The molecule has 1 aromatic heterocycles. The number of carbonyl (C=O) groups excluding carboxylic acids is 2. The van der Waals surface area contributed by atoms with E-state index < -0.39 is 29.3 Å². The van der Waals surface area contributed by atoms with E-state index in [-0.39, 0.29) is 12.1 Å². The summed E-state index contributed by atoms with van der Waals surface area (Å²) in [7, 11) is 0. The molecule has 0 aliphatic heterocycles. The summed E-state index contributed by atoms with van der Waals surface area (Å²) in [4.78, 5) is 38.5. The molecule has 2 amide bonds. The molecule has 0 bridgehead atoms. The van der Waals surface area contributed by atoms with Crippen LogP contribution in [0.5, 0.6) is 0 Å². The highest BCUT2D eigenvalue weighted by molar-refractivity contribution is 6.03. The van der Waals surface area contributed by atoms with Gasteiger partial charge in [0.1, 0.15) is 0 Å². The minimum absolute atomic E-state index is 0.277. The number of amides is 2. The number of nitrogens with zero attached hydrogens (tertiary/aromatic N) is 2. The molecule has 22 heavy (non-hydrogen) atoms. The molecular weight excluding hydrogens is 291 g/mol. The van der Waals surface area contributed by atoms with Gasteiger partial charge in [-0.05, 0) is 19.1 Å². The Morgan fingerprint density at radius 3 is 2.59 bits per heavy atom. The van der Waals surface area contributed by atoms with Gasteiger partial charge in [-0.25, -0.2) is 18.5 Å². The Morgan fingerprint density at radius 1 is 1.27 bits per heavy atom. The van der Waals surface area contributed by atoms with Crippen LogP contribution in [0.4, 0.5) is 15.0 Å². The number of aromatic nitrogens is 2. The van der Waals surface area contributed by atoms with Gasteiger partial charge in [-0.2, -0.15) is 4.98 Å². The number of anilines is 1. The molecule has 0 radical (unpaired) electrons. The van der Waals surface area contributed by atoms with Crippen molar-refractivity contribution < 1.29 is 14.0 Å². The van der Waals surface area contributed by atoms with Crippen molar-refractivity contribution in [1.29, 1.82) is 0 Å². The fraction of sp³-hybridized carbons (Fsp3) is 0.143. The number of hydrogen-bond donors (Lipinski definition) is 2. The highest BCUT2D eigenvalue weighted by Gasteiger charge is 2.15. The molecular formula is C14H13FN4O3.